The van der Waals surface area contributed by atoms with Crippen LogP contribution in [0.15, 0.2) is 11.4 Å². The van der Waals surface area contributed by atoms with Crippen LogP contribution < -0.4 is 5.73 Å². The smallest absolute Gasteiger partial charge is 0.239 e. The third-order valence-electron chi connectivity index (χ3n) is 3.16. The Hall–Kier alpha value is -0.870. The van der Waals surface area contributed by atoms with E-state index in [1.54, 1.807) is 11.3 Å². The fourth-order valence-electron chi connectivity index (χ4n) is 2.28. The number of hydrogen-bond donors (Lipinski definition) is 1. The maximum absolute atomic E-state index is 12.2. The molecule has 2 heterocycles. The molecule has 17 heavy (non-hydrogen) atoms. The number of nitrogens with two attached hydrogens (primary N) is 1. The number of carbonyl (C=O) groups excluding carboxylic acids is 1. The summed E-state index contributed by atoms with van der Waals surface area (Å²) in [5, 5.41) is 2.10. The molecule has 1 aliphatic heterocycles. The van der Waals surface area contributed by atoms with E-state index in [1.165, 1.54) is 10.4 Å². The fraction of sp³-hybridized carbons (Fsp3) is 0.615. The van der Waals surface area contributed by atoms with Gasteiger partial charge in [-0.1, -0.05) is 13.8 Å². The molecule has 0 saturated carbocycles. The Morgan fingerprint density at radius 2 is 2.35 bits per heavy atom. The first-order valence-electron chi connectivity index (χ1n) is 6.17. The van der Waals surface area contributed by atoms with Crippen LogP contribution in [0.2, 0.25) is 0 Å². The minimum atomic E-state index is -0.338. The lowest BCUT2D eigenvalue weighted by Crippen LogP contribution is -2.46. The van der Waals surface area contributed by atoms with Crippen LogP contribution in [0.3, 0.4) is 0 Å². The lowest BCUT2D eigenvalue weighted by Gasteiger charge is -2.29. The Kier molecular flexibility index (Phi) is 3.84. The van der Waals surface area contributed by atoms with E-state index in [0.717, 1.165) is 25.9 Å². The van der Waals surface area contributed by atoms with Gasteiger partial charge in [0.15, 0.2) is 0 Å². The van der Waals surface area contributed by atoms with Gasteiger partial charge in [0.05, 0.1) is 6.04 Å². The Morgan fingerprint density at radius 1 is 1.59 bits per heavy atom. The van der Waals surface area contributed by atoms with Crippen LogP contribution in [-0.2, 0) is 17.8 Å². The summed E-state index contributed by atoms with van der Waals surface area (Å²) in [5.74, 6) is 0.575. The van der Waals surface area contributed by atoms with Crippen LogP contribution in [0.5, 0.6) is 0 Å². The average molecular weight is 252 g/mol. The predicted molar refractivity (Wildman–Crippen MR) is 70.9 cm³/mol. The van der Waals surface area contributed by atoms with Crippen LogP contribution in [0, 0.1) is 5.92 Å². The Labute approximate surface area is 107 Å². The molecule has 2 N–H and O–H groups in total. The summed E-state index contributed by atoms with van der Waals surface area (Å²) in [6.45, 7) is 5.75. The molecule has 0 spiro atoms. The summed E-state index contributed by atoms with van der Waals surface area (Å²) in [5.41, 5.74) is 7.25. The quantitative estimate of drug-likeness (QED) is 0.894. The van der Waals surface area contributed by atoms with Gasteiger partial charge in [-0.25, -0.2) is 0 Å². The highest BCUT2D eigenvalue weighted by Crippen LogP contribution is 2.24. The van der Waals surface area contributed by atoms with Gasteiger partial charge in [0.1, 0.15) is 0 Å². The zero-order valence-corrected chi connectivity index (χ0v) is 11.3. The van der Waals surface area contributed by atoms with Gasteiger partial charge >= 0.3 is 0 Å². The fourth-order valence-corrected chi connectivity index (χ4v) is 3.17. The summed E-state index contributed by atoms with van der Waals surface area (Å²) in [6.07, 6.45) is 1.75. The van der Waals surface area contributed by atoms with Gasteiger partial charge in [-0.15, -0.1) is 11.3 Å². The highest BCUT2D eigenvalue weighted by Gasteiger charge is 2.25. The molecule has 0 fully saturated rings. The third kappa shape index (κ3) is 2.87. The van der Waals surface area contributed by atoms with Crippen molar-refractivity contribution in [3.63, 3.8) is 0 Å². The molecule has 1 aromatic heterocycles. The van der Waals surface area contributed by atoms with Crippen LogP contribution in [-0.4, -0.2) is 23.4 Å². The minimum Gasteiger partial charge on any atom is -0.337 e. The molecule has 0 saturated heterocycles. The number of nitrogens with zero attached hydrogens (tertiary/aromatic N) is 1. The topological polar surface area (TPSA) is 46.3 Å². The van der Waals surface area contributed by atoms with Crippen LogP contribution in [0.25, 0.3) is 0 Å². The van der Waals surface area contributed by atoms with Crippen molar-refractivity contribution in [2.75, 3.05) is 6.54 Å². The number of thiophene rings is 1. The van der Waals surface area contributed by atoms with E-state index in [4.69, 9.17) is 5.73 Å². The van der Waals surface area contributed by atoms with E-state index in [-0.39, 0.29) is 11.9 Å². The molecule has 1 atom stereocenters. The van der Waals surface area contributed by atoms with Gasteiger partial charge in [0.2, 0.25) is 5.91 Å². The van der Waals surface area contributed by atoms with Gasteiger partial charge < -0.3 is 10.6 Å². The first-order chi connectivity index (χ1) is 8.08. The van der Waals surface area contributed by atoms with Gasteiger partial charge in [-0.05, 0) is 35.8 Å². The first-order valence-corrected chi connectivity index (χ1v) is 7.05. The second-order valence-corrected chi connectivity index (χ2v) is 6.12. The zero-order valence-electron chi connectivity index (χ0n) is 10.5. The highest BCUT2D eigenvalue weighted by molar-refractivity contribution is 7.10. The summed E-state index contributed by atoms with van der Waals surface area (Å²) in [6, 6.07) is 1.78. The summed E-state index contributed by atoms with van der Waals surface area (Å²) >= 11 is 1.79. The van der Waals surface area contributed by atoms with Gasteiger partial charge in [0, 0.05) is 18.0 Å². The number of fused-ring (bicyclic) bond motifs is 1. The van der Waals surface area contributed by atoms with Gasteiger partial charge in [0.25, 0.3) is 0 Å². The molecule has 1 amide bonds. The number of amides is 1. The van der Waals surface area contributed by atoms with Crippen molar-refractivity contribution in [3.05, 3.63) is 21.9 Å². The van der Waals surface area contributed by atoms with E-state index in [2.05, 4.69) is 25.3 Å². The summed E-state index contributed by atoms with van der Waals surface area (Å²) in [7, 11) is 0. The largest absolute Gasteiger partial charge is 0.337 e. The average Bonchev–Trinajstić information content (AvgIpc) is 2.73. The molecule has 94 valence electrons. The van der Waals surface area contributed by atoms with Crippen molar-refractivity contribution in [2.45, 2.75) is 39.3 Å². The van der Waals surface area contributed by atoms with Crippen molar-refractivity contribution in [1.82, 2.24) is 4.90 Å². The number of carbonyl (C=O) groups is 1. The van der Waals surface area contributed by atoms with E-state index in [1.807, 2.05) is 4.90 Å². The summed E-state index contributed by atoms with van der Waals surface area (Å²) in [4.78, 5) is 15.5. The lowest BCUT2D eigenvalue weighted by molar-refractivity contribution is -0.133. The molecule has 1 aliphatic rings. The molecule has 1 unspecified atom stereocenters. The van der Waals surface area contributed by atoms with E-state index in [0.29, 0.717) is 5.92 Å². The van der Waals surface area contributed by atoms with E-state index < -0.39 is 0 Å². The molecule has 3 nitrogen and oxygen atoms in total. The Bertz CT molecular complexity index is 400. The Morgan fingerprint density at radius 3 is 3.06 bits per heavy atom. The monoisotopic (exact) mass is 252 g/mol. The van der Waals surface area contributed by atoms with Crippen LogP contribution in [0.4, 0.5) is 0 Å². The van der Waals surface area contributed by atoms with E-state index in [9.17, 15) is 4.79 Å². The number of hydrogen-bond acceptors (Lipinski definition) is 3. The van der Waals surface area contributed by atoms with Crippen molar-refractivity contribution < 1.29 is 4.79 Å². The molecule has 1 aromatic rings. The molecule has 4 heteroatoms. The molecule has 0 aliphatic carbocycles. The molecular formula is C13H20N2OS. The normalized spacial score (nSPS) is 17.1. The lowest BCUT2D eigenvalue weighted by atomic mass is 10.0. The SMILES string of the molecule is CC(C)CC(N)C(=O)N1CCc2sccc2C1. The maximum atomic E-state index is 12.2. The van der Waals surface area contributed by atoms with Gasteiger partial charge in [-0.3, -0.25) is 4.79 Å². The molecular weight excluding hydrogens is 232 g/mol. The predicted octanol–water partition coefficient (Wildman–Crippen LogP) is 2.01. The minimum absolute atomic E-state index is 0.107. The van der Waals surface area contributed by atoms with Crippen molar-refractivity contribution >= 4 is 17.2 Å². The second-order valence-electron chi connectivity index (χ2n) is 5.11. The zero-order chi connectivity index (χ0) is 12.4. The maximum Gasteiger partial charge on any atom is 0.239 e. The van der Waals surface area contributed by atoms with Crippen molar-refractivity contribution in [3.8, 4) is 0 Å². The first kappa shape index (κ1) is 12.6. The standard InChI is InChI=1S/C13H20N2OS/c1-9(2)7-11(14)13(16)15-5-3-12-10(8-15)4-6-17-12/h4,6,9,11H,3,5,7-8,14H2,1-2H3. The Balaban J connectivity index is 1.98. The van der Waals surface area contributed by atoms with E-state index >= 15 is 0 Å². The molecule has 0 bridgehead atoms. The van der Waals surface area contributed by atoms with Gasteiger partial charge in [-0.2, -0.15) is 0 Å². The van der Waals surface area contributed by atoms with Crippen LogP contribution in [0.1, 0.15) is 30.7 Å². The third-order valence-corrected chi connectivity index (χ3v) is 4.18. The molecule has 0 aromatic carbocycles. The second kappa shape index (κ2) is 5.19. The number of rotatable bonds is 3. The van der Waals surface area contributed by atoms with Crippen molar-refractivity contribution in [1.29, 1.82) is 0 Å². The van der Waals surface area contributed by atoms with Crippen molar-refractivity contribution in [2.24, 2.45) is 11.7 Å². The highest BCUT2D eigenvalue weighted by atomic mass is 32.1. The summed E-state index contributed by atoms with van der Waals surface area (Å²) < 4.78 is 0. The molecule has 0 radical (unpaired) electrons. The molecule has 2 rings (SSSR count). The van der Waals surface area contributed by atoms with Crippen LogP contribution >= 0.6 is 11.3 Å².